The van der Waals surface area contributed by atoms with Gasteiger partial charge in [-0.25, -0.2) is 0 Å². The molecule has 0 aliphatic rings. The summed E-state index contributed by atoms with van der Waals surface area (Å²) in [5.41, 5.74) is 1.26. The van der Waals surface area contributed by atoms with Crippen molar-refractivity contribution in [3.05, 3.63) is 34.3 Å². The lowest BCUT2D eigenvalue weighted by Crippen LogP contribution is -2.13. The summed E-state index contributed by atoms with van der Waals surface area (Å²) in [7, 11) is 1.73. The van der Waals surface area contributed by atoms with Crippen LogP contribution in [0, 0.1) is 0 Å². The summed E-state index contributed by atoms with van der Waals surface area (Å²) in [6.07, 6.45) is 1.18. The van der Waals surface area contributed by atoms with Crippen molar-refractivity contribution in [2.24, 2.45) is 0 Å². The first-order valence-corrected chi connectivity index (χ1v) is 6.35. The molecule has 3 heteroatoms. The first-order chi connectivity index (χ1) is 7.19. The van der Waals surface area contributed by atoms with Crippen LogP contribution in [0.3, 0.4) is 0 Å². The van der Waals surface area contributed by atoms with Crippen LogP contribution >= 0.6 is 27.5 Å². The van der Waals surface area contributed by atoms with Gasteiger partial charge in [-0.05, 0) is 25.0 Å². The Morgan fingerprint density at radius 3 is 2.60 bits per heavy atom. The average Bonchev–Trinajstić information content (AvgIpc) is 2.26. The molecule has 0 heterocycles. The fourth-order valence-electron chi connectivity index (χ4n) is 1.58. The lowest BCUT2D eigenvalue weighted by Gasteiger charge is -2.19. The Kier molecular flexibility index (Phi) is 5.65. The maximum absolute atomic E-state index is 6.00. The molecule has 0 fully saturated rings. The predicted octanol–water partition coefficient (Wildman–Crippen LogP) is 4.20. The van der Waals surface area contributed by atoms with Crippen LogP contribution in [0.4, 0.5) is 0 Å². The van der Waals surface area contributed by atoms with E-state index in [9.17, 15) is 0 Å². The third-order valence-electron chi connectivity index (χ3n) is 2.55. The third-order valence-corrected chi connectivity index (χ3v) is 3.64. The van der Waals surface area contributed by atoms with E-state index in [-0.39, 0.29) is 6.10 Å². The van der Waals surface area contributed by atoms with Gasteiger partial charge in [0.15, 0.2) is 0 Å². The molecule has 0 aliphatic heterocycles. The minimum absolute atomic E-state index is 0.237. The van der Waals surface area contributed by atoms with Crippen LogP contribution < -0.4 is 0 Å². The van der Waals surface area contributed by atoms with E-state index in [0.717, 1.165) is 10.9 Å². The lowest BCUT2D eigenvalue weighted by molar-refractivity contribution is 0.106. The molecular weight excluding hydrogens is 275 g/mol. The fourth-order valence-corrected chi connectivity index (χ4v) is 2.48. The summed E-state index contributed by atoms with van der Waals surface area (Å²) in [5.74, 6) is 0.966. The Morgan fingerprint density at radius 1 is 1.40 bits per heavy atom. The Morgan fingerprint density at radius 2 is 2.07 bits per heavy atom. The number of methoxy groups -OCH3 is 1. The smallest absolute Gasteiger partial charge is 0.0549 e. The number of rotatable bonds is 5. The molecule has 2 atom stereocenters. The SMILES string of the molecule is COC(C)CC(CCl)c1ccccc1Br. The Bertz CT molecular complexity index is 303. The standard InChI is InChI=1S/C12H16BrClO/c1-9(15-2)7-10(8-14)11-5-3-4-6-12(11)13/h3-6,9-10H,7-8H2,1-2H3. The van der Waals surface area contributed by atoms with Gasteiger partial charge in [-0.15, -0.1) is 11.6 Å². The van der Waals surface area contributed by atoms with Crippen molar-refractivity contribution in [1.29, 1.82) is 0 Å². The van der Waals surface area contributed by atoms with Crippen LogP contribution in [0.15, 0.2) is 28.7 Å². The minimum Gasteiger partial charge on any atom is -0.382 e. The van der Waals surface area contributed by atoms with E-state index in [1.807, 2.05) is 18.2 Å². The highest BCUT2D eigenvalue weighted by molar-refractivity contribution is 9.10. The summed E-state index contributed by atoms with van der Waals surface area (Å²) in [5, 5.41) is 0. The maximum atomic E-state index is 6.00. The first-order valence-electron chi connectivity index (χ1n) is 5.02. The maximum Gasteiger partial charge on any atom is 0.0549 e. The number of benzene rings is 1. The van der Waals surface area contributed by atoms with Gasteiger partial charge < -0.3 is 4.74 Å². The van der Waals surface area contributed by atoms with Crippen LogP contribution in [-0.4, -0.2) is 19.1 Å². The number of halogens is 2. The van der Waals surface area contributed by atoms with E-state index in [4.69, 9.17) is 16.3 Å². The van der Waals surface area contributed by atoms with E-state index in [2.05, 4.69) is 28.9 Å². The molecule has 0 radical (unpaired) electrons. The molecule has 1 aromatic carbocycles. The Labute approximate surface area is 105 Å². The molecule has 0 bridgehead atoms. The van der Waals surface area contributed by atoms with Crippen molar-refractivity contribution in [2.75, 3.05) is 13.0 Å². The molecule has 1 nitrogen and oxygen atoms in total. The van der Waals surface area contributed by atoms with Crippen molar-refractivity contribution in [3.63, 3.8) is 0 Å². The van der Waals surface area contributed by atoms with Gasteiger partial charge in [0, 0.05) is 23.4 Å². The van der Waals surface area contributed by atoms with Gasteiger partial charge in [-0.1, -0.05) is 34.1 Å². The van der Waals surface area contributed by atoms with Gasteiger partial charge >= 0.3 is 0 Å². The summed E-state index contributed by atoms with van der Waals surface area (Å²) in [4.78, 5) is 0. The molecule has 0 spiro atoms. The van der Waals surface area contributed by atoms with E-state index in [1.54, 1.807) is 7.11 Å². The topological polar surface area (TPSA) is 9.23 Å². The largest absolute Gasteiger partial charge is 0.382 e. The van der Waals surface area contributed by atoms with E-state index < -0.39 is 0 Å². The highest BCUT2D eigenvalue weighted by Crippen LogP contribution is 2.29. The Balaban J connectivity index is 2.78. The number of alkyl halides is 1. The van der Waals surface area contributed by atoms with Crippen LogP contribution in [0.5, 0.6) is 0 Å². The summed E-state index contributed by atoms with van der Waals surface area (Å²) in [6.45, 7) is 2.07. The van der Waals surface area contributed by atoms with Crippen molar-refractivity contribution >= 4 is 27.5 Å². The monoisotopic (exact) mass is 290 g/mol. The molecule has 15 heavy (non-hydrogen) atoms. The molecule has 0 saturated carbocycles. The quantitative estimate of drug-likeness (QED) is 0.739. The van der Waals surface area contributed by atoms with E-state index in [1.165, 1.54) is 5.56 Å². The van der Waals surface area contributed by atoms with Gasteiger partial charge in [0.25, 0.3) is 0 Å². The fraction of sp³-hybridized carbons (Fsp3) is 0.500. The van der Waals surface area contributed by atoms with Gasteiger partial charge in [0.1, 0.15) is 0 Å². The second-order valence-corrected chi connectivity index (χ2v) is 4.82. The molecule has 1 aromatic rings. The zero-order chi connectivity index (χ0) is 11.3. The molecule has 0 aromatic heterocycles. The highest BCUT2D eigenvalue weighted by Gasteiger charge is 2.16. The molecule has 0 amide bonds. The zero-order valence-corrected chi connectivity index (χ0v) is 11.4. The molecule has 0 N–H and O–H groups in total. The van der Waals surface area contributed by atoms with Gasteiger partial charge in [-0.2, -0.15) is 0 Å². The number of ether oxygens (including phenoxy) is 1. The van der Waals surface area contributed by atoms with Gasteiger partial charge in [0.05, 0.1) is 6.10 Å². The molecule has 1 rings (SSSR count). The molecule has 0 saturated heterocycles. The van der Waals surface area contributed by atoms with Crippen molar-refractivity contribution in [3.8, 4) is 0 Å². The van der Waals surface area contributed by atoms with Crippen LogP contribution in [0.1, 0.15) is 24.8 Å². The van der Waals surface area contributed by atoms with Gasteiger partial charge in [0.2, 0.25) is 0 Å². The van der Waals surface area contributed by atoms with Crippen LogP contribution in [-0.2, 0) is 4.74 Å². The van der Waals surface area contributed by atoms with E-state index in [0.29, 0.717) is 11.8 Å². The summed E-state index contributed by atoms with van der Waals surface area (Å²) >= 11 is 9.55. The van der Waals surface area contributed by atoms with Crippen molar-refractivity contribution < 1.29 is 4.74 Å². The zero-order valence-electron chi connectivity index (χ0n) is 9.04. The average molecular weight is 292 g/mol. The molecule has 0 aliphatic carbocycles. The molecular formula is C12H16BrClO. The Hall–Kier alpha value is -0.0500. The lowest BCUT2D eigenvalue weighted by atomic mass is 9.95. The van der Waals surface area contributed by atoms with Crippen molar-refractivity contribution in [2.45, 2.75) is 25.4 Å². The van der Waals surface area contributed by atoms with Crippen molar-refractivity contribution in [1.82, 2.24) is 0 Å². The molecule has 84 valence electrons. The van der Waals surface area contributed by atoms with Crippen LogP contribution in [0.25, 0.3) is 0 Å². The third kappa shape index (κ3) is 3.78. The minimum atomic E-state index is 0.237. The summed E-state index contributed by atoms with van der Waals surface area (Å²) in [6, 6.07) is 8.21. The van der Waals surface area contributed by atoms with E-state index >= 15 is 0 Å². The first kappa shape index (κ1) is 13.0. The molecule has 2 unspecified atom stereocenters. The number of hydrogen-bond acceptors (Lipinski definition) is 1. The predicted molar refractivity (Wildman–Crippen MR) is 68.7 cm³/mol. The number of hydrogen-bond donors (Lipinski definition) is 0. The van der Waals surface area contributed by atoms with Gasteiger partial charge in [-0.3, -0.25) is 0 Å². The highest BCUT2D eigenvalue weighted by atomic mass is 79.9. The normalized spacial score (nSPS) is 14.9. The van der Waals surface area contributed by atoms with Crippen LogP contribution in [0.2, 0.25) is 0 Å². The summed E-state index contributed by atoms with van der Waals surface area (Å²) < 4.78 is 6.39. The second kappa shape index (κ2) is 6.51. The second-order valence-electron chi connectivity index (χ2n) is 3.65.